The van der Waals surface area contributed by atoms with Crippen molar-refractivity contribution in [3.05, 3.63) is 49.0 Å². The maximum atomic E-state index is 6.08. The number of hydrogen-bond donors (Lipinski definition) is 1. The Balaban J connectivity index is 2.26. The molecule has 0 saturated heterocycles. The molecule has 0 fully saturated rings. The molecule has 5 heteroatoms. The summed E-state index contributed by atoms with van der Waals surface area (Å²) in [6.07, 6.45) is -0.143. The summed E-state index contributed by atoms with van der Waals surface area (Å²) in [5.74, 6) is 0.817. The van der Waals surface area contributed by atoms with Crippen LogP contribution in [0, 0.1) is 6.92 Å². The van der Waals surface area contributed by atoms with Crippen molar-refractivity contribution in [3.8, 4) is 5.75 Å². The number of hydrogen-bond acceptors (Lipinski definition) is 3. The fourth-order valence-electron chi connectivity index (χ4n) is 1.74. The number of nitrogens with two attached hydrogens (primary N) is 1. The number of thiophene rings is 1. The van der Waals surface area contributed by atoms with E-state index in [1.54, 1.807) is 11.3 Å². The van der Waals surface area contributed by atoms with Crippen molar-refractivity contribution in [1.82, 2.24) is 0 Å². The highest BCUT2D eigenvalue weighted by Gasteiger charge is 2.21. The van der Waals surface area contributed by atoms with E-state index in [9.17, 15) is 0 Å². The van der Waals surface area contributed by atoms with E-state index < -0.39 is 0 Å². The van der Waals surface area contributed by atoms with Gasteiger partial charge in [0.25, 0.3) is 0 Å². The van der Waals surface area contributed by atoms with Crippen LogP contribution in [0.15, 0.2) is 38.6 Å². The first-order chi connectivity index (χ1) is 8.97. The second-order valence-electron chi connectivity index (χ2n) is 4.50. The largest absolute Gasteiger partial charge is 0.482 e. The van der Waals surface area contributed by atoms with Gasteiger partial charge in [0.15, 0.2) is 0 Å². The Morgan fingerprint density at radius 1 is 1.26 bits per heavy atom. The number of halogens is 2. The summed E-state index contributed by atoms with van der Waals surface area (Å²) in [5, 5.41) is 2.04. The number of benzene rings is 1. The van der Waals surface area contributed by atoms with Crippen molar-refractivity contribution >= 4 is 43.2 Å². The summed E-state index contributed by atoms with van der Waals surface area (Å²) < 4.78 is 8.09. The van der Waals surface area contributed by atoms with Gasteiger partial charge < -0.3 is 10.5 Å². The van der Waals surface area contributed by atoms with Crippen LogP contribution in [0.25, 0.3) is 0 Å². The fourth-order valence-corrected chi connectivity index (χ4v) is 3.91. The lowest BCUT2D eigenvalue weighted by atomic mass is 10.1. The Labute approximate surface area is 134 Å². The molecular weight excluding hydrogens is 390 g/mol. The van der Waals surface area contributed by atoms with E-state index in [2.05, 4.69) is 37.9 Å². The van der Waals surface area contributed by atoms with E-state index in [1.165, 1.54) is 5.56 Å². The van der Waals surface area contributed by atoms with E-state index in [4.69, 9.17) is 10.5 Å². The SMILES string of the molecule is Cc1ccc(OC(c2cc(Br)cs2)C(C)N)c(Br)c1. The summed E-state index contributed by atoms with van der Waals surface area (Å²) in [6.45, 7) is 4.01. The molecule has 19 heavy (non-hydrogen) atoms. The molecule has 2 rings (SSSR count). The van der Waals surface area contributed by atoms with Gasteiger partial charge in [-0.25, -0.2) is 0 Å². The summed E-state index contributed by atoms with van der Waals surface area (Å²) in [6, 6.07) is 8.01. The first-order valence-electron chi connectivity index (χ1n) is 5.89. The van der Waals surface area contributed by atoms with E-state index in [0.717, 1.165) is 19.6 Å². The van der Waals surface area contributed by atoms with Crippen LogP contribution in [0.5, 0.6) is 5.75 Å². The Hall–Kier alpha value is -0.360. The molecule has 102 valence electrons. The predicted molar refractivity (Wildman–Crippen MR) is 87.9 cm³/mol. The molecule has 2 nitrogen and oxygen atoms in total. The van der Waals surface area contributed by atoms with Gasteiger partial charge in [-0.05, 0) is 69.5 Å². The lowest BCUT2D eigenvalue weighted by molar-refractivity contribution is 0.183. The zero-order valence-electron chi connectivity index (χ0n) is 10.7. The highest BCUT2D eigenvalue weighted by Crippen LogP contribution is 2.34. The van der Waals surface area contributed by atoms with Crippen LogP contribution in [0.2, 0.25) is 0 Å². The van der Waals surface area contributed by atoms with Gasteiger partial charge in [-0.3, -0.25) is 0 Å². The monoisotopic (exact) mass is 403 g/mol. The maximum absolute atomic E-state index is 6.08. The lowest BCUT2D eigenvalue weighted by Crippen LogP contribution is -2.28. The minimum Gasteiger partial charge on any atom is -0.482 e. The van der Waals surface area contributed by atoms with E-state index in [1.807, 2.05) is 37.4 Å². The van der Waals surface area contributed by atoms with Gasteiger partial charge >= 0.3 is 0 Å². The second-order valence-corrected chi connectivity index (χ2v) is 7.21. The highest BCUT2D eigenvalue weighted by molar-refractivity contribution is 9.10. The van der Waals surface area contributed by atoms with Crippen LogP contribution in [0.1, 0.15) is 23.5 Å². The fraction of sp³-hybridized carbons (Fsp3) is 0.286. The Kier molecular flexibility index (Phi) is 5.06. The molecule has 1 heterocycles. The van der Waals surface area contributed by atoms with E-state index in [0.29, 0.717) is 0 Å². The minimum atomic E-state index is -0.143. The average Bonchev–Trinajstić information content (AvgIpc) is 2.74. The van der Waals surface area contributed by atoms with Crippen molar-refractivity contribution in [1.29, 1.82) is 0 Å². The molecule has 0 aliphatic heterocycles. The average molecular weight is 405 g/mol. The third-order valence-corrected chi connectivity index (χ3v) is 5.06. The van der Waals surface area contributed by atoms with Crippen LogP contribution < -0.4 is 10.5 Å². The van der Waals surface area contributed by atoms with E-state index >= 15 is 0 Å². The molecule has 0 bridgehead atoms. The van der Waals surface area contributed by atoms with Gasteiger partial charge in [-0.2, -0.15) is 0 Å². The minimum absolute atomic E-state index is 0.0845. The lowest BCUT2D eigenvalue weighted by Gasteiger charge is -2.22. The summed E-state index contributed by atoms with van der Waals surface area (Å²) >= 11 is 8.64. The maximum Gasteiger partial charge on any atom is 0.148 e. The molecule has 0 radical (unpaired) electrons. The molecule has 0 saturated carbocycles. The van der Waals surface area contributed by atoms with Crippen molar-refractivity contribution in [2.45, 2.75) is 26.0 Å². The molecule has 0 amide bonds. The molecule has 2 atom stereocenters. The van der Waals surface area contributed by atoms with Gasteiger partial charge in [0, 0.05) is 20.8 Å². The summed E-state index contributed by atoms with van der Waals surface area (Å²) in [5.41, 5.74) is 7.25. The van der Waals surface area contributed by atoms with Gasteiger partial charge in [-0.1, -0.05) is 6.07 Å². The highest BCUT2D eigenvalue weighted by atomic mass is 79.9. The molecule has 2 unspecified atom stereocenters. The standard InChI is InChI=1S/C14H15Br2NOS/c1-8-3-4-12(11(16)5-8)18-14(9(2)17)13-6-10(15)7-19-13/h3-7,9,14H,17H2,1-2H3. The van der Waals surface area contributed by atoms with Gasteiger partial charge in [0.05, 0.1) is 4.47 Å². The van der Waals surface area contributed by atoms with Gasteiger partial charge in [-0.15, -0.1) is 11.3 Å². The third-order valence-electron chi connectivity index (χ3n) is 2.69. The van der Waals surface area contributed by atoms with Crippen LogP contribution >= 0.6 is 43.2 Å². The summed E-state index contributed by atoms with van der Waals surface area (Å²) in [7, 11) is 0. The van der Waals surface area contributed by atoms with Crippen LogP contribution in [-0.4, -0.2) is 6.04 Å². The van der Waals surface area contributed by atoms with Crippen molar-refractivity contribution in [2.24, 2.45) is 5.73 Å². The van der Waals surface area contributed by atoms with Gasteiger partial charge in [0.1, 0.15) is 11.9 Å². The first-order valence-corrected chi connectivity index (χ1v) is 8.36. The Morgan fingerprint density at radius 2 is 2.00 bits per heavy atom. The predicted octanol–water partition coefficient (Wildman–Crippen LogP) is 5.05. The third kappa shape index (κ3) is 3.81. The normalized spacial score (nSPS) is 14.2. The topological polar surface area (TPSA) is 35.2 Å². The molecule has 2 N–H and O–H groups in total. The second kappa shape index (κ2) is 6.39. The number of aryl methyl sites for hydroxylation is 1. The molecule has 0 aliphatic rings. The molecule has 2 aromatic rings. The van der Waals surface area contributed by atoms with Crippen molar-refractivity contribution < 1.29 is 4.74 Å². The smallest absolute Gasteiger partial charge is 0.148 e. The Morgan fingerprint density at radius 3 is 2.53 bits per heavy atom. The Bertz CT molecular complexity index is 568. The number of rotatable bonds is 4. The van der Waals surface area contributed by atoms with E-state index in [-0.39, 0.29) is 12.1 Å². The van der Waals surface area contributed by atoms with Crippen LogP contribution in [0.4, 0.5) is 0 Å². The quantitative estimate of drug-likeness (QED) is 0.773. The zero-order chi connectivity index (χ0) is 14.0. The van der Waals surface area contributed by atoms with Crippen molar-refractivity contribution in [2.75, 3.05) is 0 Å². The van der Waals surface area contributed by atoms with Crippen molar-refractivity contribution in [3.63, 3.8) is 0 Å². The zero-order valence-corrected chi connectivity index (χ0v) is 14.7. The van der Waals surface area contributed by atoms with Crippen LogP contribution in [0.3, 0.4) is 0 Å². The molecule has 1 aromatic carbocycles. The van der Waals surface area contributed by atoms with Crippen LogP contribution in [-0.2, 0) is 0 Å². The first kappa shape index (κ1) is 15.0. The number of ether oxygens (including phenoxy) is 1. The summed E-state index contributed by atoms with van der Waals surface area (Å²) in [4.78, 5) is 1.12. The molecular formula is C14H15Br2NOS. The van der Waals surface area contributed by atoms with Gasteiger partial charge in [0.2, 0.25) is 0 Å². The molecule has 1 aromatic heterocycles. The molecule has 0 aliphatic carbocycles. The molecule has 0 spiro atoms.